The third-order valence-corrected chi connectivity index (χ3v) is 5.98. The lowest BCUT2D eigenvalue weighted by Gasteiger charge is -2.33. The van der Waals surface area contributed by atoms with Gasteiger partial charge in [0.25, 0.3) is 0 Å². The smallest absolute Gasteiger partial charge is 0.356 e. The van der Waals surface area contributed by atoms with E-state index in [0.717, 1.165) is 6.42 Å². The zero-order valence-corrected chi connectivity index (χ0v) is 17.0. The molecular formula is C16H31F3N4O2S. The van der Waals surface area contributed by atoms with Crippen LogP contribution in [0.1, 0.15) is 47.0 Å². The molecule has 0 atom stereocenters. The molecule has 0 radical (unpaired) electrons. The fraction of sp³-hybridized carbons (Fsp3) is 0.938. The van der Waals surface area contributed by atoms with Crippen LogP contribution >= 0.6 is 0 Å². The Labute approximate surface area is 154 Å². The summed E-state index contributed by atoms with van der Waals surface area (Å²) in [4.78, 5) is 4.15. The Morgan fingerprint density at radius 3 is 2.19 bits per heavy atom. The van der Waals surface area contributed by atoms with Gasteiger partial charge in [0.05, 0.1) is 0 Å². The number of hydrogen-bond acceptors (Lipinski definition) is 3. The molecule has 0 bridgehead atoms. The Balaban J connectivity index is 2.53. The van der Waals surface area contributed by atoms with Gasteiger partial charge in [-0.1, -0.05) is 27.7 Å². The summed E-state index contributed by atoms with van der Waals surface area (Å²) in [7, 11) is -3.61. The summed E-state index contributed by atoms with van der Waals surface area (Å²) in [5.41, 5.74) is -5.16. The van der Waals surface area contributed by atoms with E-state index in [2.05, 4.69) is 43.3 Å². The van der Waals surface area contributed by atoms with E-state index in [1.54, 1.807) is 7.05 Å². The molecule has 26 heavy (non-hydrogen) atoms. The highest BCUT2D eigenvalue weighted by Gasteiger charge is 2.50. The first-order valence-corrected chi connectivity index (χ1v) is 10.3. The number of rotatable bonds is 6. The van der Waals surface area contributed by atoms with Crippen molar-refractivity contribution in [1.82, 2.24) is 14.9 Å². The highest BCUT2D eigenvalue weighted by molar-refractivity contribution is 7.90. The van der Waals surface area contributed by atoms with Gasteiger partial charge in [0.15, 0.2) is 5.96 Å². The predicted octanol–water partition coefficient (Wildman–Crippen LogP) is 2.54. The predicted molar refractivity (Wildman–Crippen MR) is 97.3 cm³/mol. The lowest BCUT2D eigenvalue weighted by Crippen LogP contribution is -2.52. The zero-order valence-electron chi connectivity index (χ0n) is 16.2. The molecule has 1 aliphatic rings. The van der Waals surface area contributed by atoms with E-state index in [0.29, 0.717) is 35.6 Å². The number of guanidine groups is 1. The van der Waals surface area contributed by atoms with E-state index < -0.39 is 15.5 Å². The molecule has 2 N–H and O–H groups in total. The maximum absolute atomic E-state index is 12.6. The van der Waals surface area contributed by atoms with E-state index in [1.165, 1.54) is 0 Å². The highest BCUT2D eigenvalue weighted by atomic mass is 32.2. The first-order valence-electron chi connectivity index (χ1n) is 8.82. The molecule has 10 heteroatoms. The van der Waals surface area contributed by atoms with Gasteiger partial charge in [-0.05, 0) is 30.6 Å². The second-order valence-corrected chi connectivity index (χ2v) is 9.89. The number of piperidine rings is 1. The fourth-order valence-electron chi connectivity index (χ4n) is 3.28. The van der Waals surface area contributed by atoms with E-state index in [1.807, 2.05) is 0 Å². The monoisotopic (exact) mass is 400 g/mol. The molecule has 0 aliphatic carbocycles. The molecule has 154 valence electrons. The SMILES string of the molecule is CN=C(NCC(C)(C)CC(C)C)NC1CCN(S(=O)(=O)C(F)(F)F)CC1. The summed E-state index contributed by atoms with van der Waals surface area (Å²) < 4.78 is 61.2. The second-order valence-electron chi connectivity index (χ2n) is 7.96. The van der Waals surface area contributed by atoms with Crippen molar-refractivity contribution in [3.8, 4) is 0 Å². The molecule has 1 fully saturated rings. The molecule has 1 saturated heterocycles. The second kappa shape index (κ2) is 8.77. The molecule has 1 aliphatic heterocycles. The van der Waals surface area contributed by atoms with E-state index in [4.69, 9.17) is 0 Å². The Hall–Kier alpha value is -1.03. The normalized spacial score (nSPS) is 19.0. The first-order chi connectivity index (χ1) is 11.8. The quantitative estimate of drug-likeness (QED) is 0.531. The van der Waals surface area contributed by atoms with E-state index in [-0.39, 0.29) is 24.5 Å². The Bertz CT molecular complexity index is 581. The van der Waals surface area contributed by atoms with Gasteiger partial charge in [0, 0.05) is 32.7 Å². The van der Waals surface area contributed by atoms with Crippen molar-refractivity contribution >= 4 is 16.0 Å². The van der Waals surface area contributed by atoms with Gasteiger partial charge >= 0.3 is 15.5 Å². The minimum absolute atomic E-state index is 0.0793. The molecule has 0 aromatic rings. The summed E-state index contributed by atoms with van der Waals surface area (Å²) in [6.07, 6.45) is 1.64. The van der Waals surface area contributed by atoms with Crippen LogP contribution in [0.15, 0.2) is 4.99 Å². The van der Waals surface area contributed by atoms with Crippen molar-refractivity contribution in [2.24, 2.45) is 16.3 Å². The molecule has 0 saturated carbocycles. The van der Waals surface area contributed by atoms with Crippen molar-refractivity contribution < 1.29 is 21.6 Å². The average Bonchev–Trinajstić information content (AvgIpc) is 2.49. The maximum atomic E-state index is 12.6. The van der Waals surface area contributed by atoms with Gasteiger partial charge in [-0.25, -0.2) is 8.42 Å². The van der Waals surface area contributed by atoms with Crippen LogP contribution in [0.25, 0.3) is 0 Å². The molecule has 0 aromatic carbocycles. The van der Waals surface area contributed by atoms with Crippen molar-refractivity contribution in [3.63, 3.8) is 0 Å². The number of aliphatic imine (C=N–C) groups is 1. The van der Waals surface area contributed by atoms with Gasteiger partial charge in [0.1, 0.15) is 0 Å². The van der Waals surface area contributed by atoms with Crippen LogP contribution in [-0.4, -0.2) is 56.9 Å². The molecule has 1 rings (SSSR count). The number of halogens is 3. The van der Waals surface area contributed by atoms with Crippen LogP contribution in [0.2, 0.25) is 0 Å². The van der Waals surface area contributed by atoms with Crippen molar-refractivity contribution in [1.29, 1.82) is 0 Å². The zero-order chi connectivity index (χ0) is 20.2. The molecule has 0 aromatic heterocycles. The van der Waals surface area contributed by atoms with E-state index >= 15 is 0 Å². The highest BCUT2D eigenvalue weighted by Crippen LogP contribution is 2.29. The summed E-state index contributed by atoms with van der Waals surface area (Å²) >= 11 is 0. The standard InChI is InChI=1S/C16H31F3N4O2S/c1-12(2)10-15(3,4)11-21-14(20-5)22-13-6-8-23(9-7-13)26(24,25)16(17,18)19/h12-13H,6-11H2,1-5H3,(H2,20,21,22). The van der Waals surface area contributed by atoms with Crippen LogP contribution in [0.3, 0.4) is 0 Å². The molecule has 0 unspecified atom stereocenters. The first kappa shape index (κ1) is 23.0. The van der Waals surface area contributed by atoms with Crippen LogP contribution in [0.5, 0.6) is 0 Å². The number of nitrogens with one attached hydrogen (secondary N) is 2. The summed E-state index contributed by atoms with van der Waals surface area (Å²) in [5, 5.41) is 6.43. The number of hydrogen-bond donors (Lipinski definition) is 2. The third-order valence-electron chi connectivity index (χ3n) is 4.35. The Morgan fingerprint density at radius 1 is 1.23 bits per heavy atom. The van der Waals surface area contributed by atoms with Gasteiger partial charge in [-0.2, -0.15) is 17.5 Å². The molecule has 0 amide bonds. The van der Waals surface area contributed by atoms with Crippen LogP contribution in [-0.2, 0) is 10.0 Å². The van der Waals surface area contributed by atoms with Gasteiger partial charge in [-0.3, -0.25) is 4.99 Å². The summed E-state index contributed by atoms with van der Waals surface area (Å²) in [6, 6.07) is -0.117. The molecule has 1 heterocycles. The number of alkyl halides is 3. The van der Waals surface area contributed by atoms with Crippen LogP contribution < -0.4 is 10.6 Å². The van der Waals surface area contributed by atoms with Gasteiger partial charge in [0.2, 0.25) is 0 Å². The van der Waals surface area contributed by atoms with E-state index in [9.17, 15) is 21.6 Å². The van der Waals surface area contributed by atoms with Crippen molar-refractivity contribution in [2.45, 2.75) is 58.5 Å². The average molecular weight is 401 g/mol. The molecule has 0 spiro atoms. The minimum atomic E-state index is -5.24. The summed E-state index contributed by atoms with van der Waals surface area (Å²) in [6.45, 7) is 9.05. The minimum Gasteiger partial charge on any atom is -0.356 e. The summed E-state index contributed by atoms with van der Waals surface area (Å²) in [5.74, 6) is 1.15. The maximum Gasteiger partial charge on any atom is 0.511 e. The third kappa shape index (κ3) is 6.61. The van der Waals surface area contributed by atoms with Gasteiger partial charge in [-0.15, -0.1) is 0 Å². The van der Waals surface area contributed by atoms with Gasteiger partial charge < -0.3 is 10.6 Å². The molecular weight excluding hydrogens is 369 g/mol. The van der Waals surface area contributed by atoms with Crippen molar-refractivity contribution in [3.05, 3.63) is 0 Å². The van der Waals surface area contributed by atoms with Crippen molar-refractivity contribution in [2.75, 3.05) is 26.7 Å². The topological polar surface area (TPSA) is 73.8 Å². The van der Waals surface area contributed by atoms with Crippen LogP contribution in [0, 0.1) is 11.3 Å². The fourth-order valence-corrected chi connectivity index (χ4v) is 4.26. The number of sulfonamides is 1. The largest absolute Gasteiger partial charge is 0.511 e. The Kier molecular flexibility index (Phi) is 7.76. The number of nitrogens with zero attached hydrogens (tertiary/aromatic N) is 2. The molecule has 6 nitrogen and oxygen atoms in total. The lowest BCUT2D eigenvalue weighted by molar-refractivity contribution is -0.0494. The Morgan fingerprint density at radius 2 is 1.77 bits per heavy atom. The lowest BCUT2D eigenvalue weighted by atomic mass is 9.84. The van der Waals surface area contributed by atoms with Crippen LogP contribution in [0.4, 0.5) is 13.2 Å².